The zero-order valence-electron chi connectivity index (χ0n) is 20.1. The van der Waals surface area contributed by atoms with Gasteiger partial charge in [-0.3, -0.25) is 0 Å². The summed E-state index contributed by atoms with van der Waals surface area (Å²) in [7, 11) is -1.49. The van der Waals surface area contributed by atoms with E-state index >= 15 is 0 Å². The summed E-state index contributed by atoms with van der Waals surface area (Å²) in [5.74, 6) is 0.545. The van der Waals surface area contributed by atoms with Crippen LogP contribution in [0.2, 0.25) is 0 Å². The Balaban J connectivity index is 1.56. The maximum absolute atomic E-state index is 14.4. The van der Waals surface area contributed by atoms with Crippen LogP contribution in [-0.2, 0) is 14.6 Å². The highest BCUT2D eigenvalue weighted by atomic mass is 32.2. The fraction of sp³-hybridized carbons (Fsp3) is 0.500. The number of hydrogen-bond donors (Lipinski definition) is 1. The van der Waals surface area contributed by atoms with Gasteiger partial charge >= 0.3 is 6.09 Å². The minimum atomic E-state index is -3.48. The summed E-state index contributed by atoms with van der Waals surface area (Å²) in [5.41, 5.74) is 1.07. The quantitative estimate of drug-likeness (QED) is 0.587. The highest BCUT2D eigenvalue weighted by molar-refractivity contribution is 7.90. The summed E-state index contributed by atoms with van der Waals surface area (Å²) >= 11 is 0. The second-order valence-corrected chi connectivity index (χ2v) is 11.2. The summed E-state index contributed by atoms with van der Waals surface area (Å²) in [5, 5.41) is 2.92. The van der Waals surface area contributed by atoms with Crippen molar-refractivity contribution in [1.82, 2.24) is 9.88 Å². The van der Waals surface area contributed by atoms with E-state index in [2.05, 4.69) is 15.2 Å². The summed E-state index contributed by atoms with van der Waals surface area (Å²) < 4.78 is 43.0. The topological polar surface area (TPSA) is 91.8 Å². The lowest BCUT2D eigenvalue weighted by Crippen LogP contribution is -2.41. The van der Waals surface area contributed by atoms with Crippen LogP contribution in [0.5, 0.6) is 0 Å². The standard InChI is InChI=1S/C24H33FN4O4S/c1-17(2)16-33-24(30)29-11-8-18(9-12-29)15-28(3)19-7-10-26-23(13-19)27-22-6-5-20(14-21(22)25)34(4,31)32/h5-7,10,13-14,17-18H,8-9,11-12,15-16H2,1-4H3,(H,26,27). The average Bonchev–Trinajstić information content (AvgIpc) is 2.78. The molecule has 34 heavy (non-hydrogen) atoms. The van der Waals surface area contributed by atoms with Gasteiger partial charge in [0.25, 0.3) is 0 Å². The normalized spacial score (nSPS) is 14.8. The van der Waals surface area contributed by atoms with Crippen molar-refractivity contribution < 1.29 is 22.3 Å². The lowest BCUT2D eigenvalue weighted by atomic mass is 9.96. The first kappa shape index (κ1) is 25.7. The van der Waals surface area contributed by atoms with Gasteiger partial charge in [-0.2, -0.15) is 0 Å². The summed E-state index contributed by atoms with van der Waals surface area (Å²) in [6.07, 6.45) is 4.24. The van der Waals surface area contributed by atoms with Crippen LogP contribution in [0.4, 0.5) is 26.4 Å². The van der Waals surface area contributed by atoms with Crippen molar-refractivity contribution in [2.75, 3.05) is 49.8 Å². The van der Waals surface area contributed by atoms with Gasteiger partial charge in [-0.05, 0) is 48.9 Å². The molecule has 10 heteroatoms. The number of piperidine rings is 1. The van der Waals surface area contributed by atoms with Crippen LogP contribution in [0, 0.1) is 17.7 Å². The number of pyridine rings is 1. The number of benzene rings is 1. The van der Waals surface area contributed by atoms with Crippen molar-refractivity contribution in [2.45, 2.75) is 31.6 Å². The second kappa shape index (κ2) is 11.0. The highest BCUT2D eigenvalue weighted by Crippen LogP contribution is 2.26. The van der Waals surface area contributed by atoms with Crippen molar-refractivity contribution in [3.63, 3.8) is 0 Å². The van der Waals surface area contributed by atoms with Crippen LogP contribution >= 0.6 is 0 Å². The van der Waals surface area contributed by atoms with Crippen LogP contribution < -0.4 is 10.2 Å². The van der Waals surface area contributed by atoms with Gasteiger partial charge in [0.1, 0.15) is 11.6 Å². The maximum Gasteiger partial charge on any atom is 0.409 e. The molecule has 0 unspecified atom stereocenters. The molecule has 1 saturated heterocycles. The first-order valence-corrected chi connectivity index (χ1v) is 13.3. The Morgan fingerprint density at radius 1 is 1.26 bits per heavy atom. The van der Waals surface area contributed by atoms with Crippen molar-refractivity contribution in [1.29, 1.82) is 0 Å². The molecule has 0 spiro atoms. The number of amides is 1. The van der Waals surface area contributed by atoms with Crippen LogP contribution in [0.3, 0.4) is 0 Å². The molecular weight excluding hydrogens is 459 g/mol. The van der Waals surface area contributed by atoms with Gasteiger partial charge in [0.15, 0.2) is 9.84 Å². The summed E-state index contributed by atoms with van der Waals surface area (Å²) in [4.78, 5) is 20.2. The molecule has 1 aromatic carbocycles. The predicted molar refractivity (Wildman–Crippen MR) is 131 cm³/mol. The Hall–Kier alpha value is -2.88. The molecule has 2 aromatic rings. The molecule has 0 bridgehead atoms. The third-order valence-electron chi connectivity index (χ3n) is 5.76. The van der Waals surface area contributed by atoms with E-state index in [9.17, 15) is 17.6 Å². The molecule has 8 nitrogen and oxygen atoms in total. The van der Waals surface area contributed by atoms with Gasteiger partial charge in [0, 0.05) is 50.9 Å². The van der Waals surface area contributed by atoms with Crippen molar-refractivity contribution in [2.24, 2.45) is 11.8 Å². The first-order chi connectivity index (χ1) is 16.0. The fourth-order valence-electron chi connectivity index (χ4n) is 3.81. The number of rotatable bonds is 8. The number of anilines is 3. The number of nitrogens with one attached hydrogen (secondary N) is 1. The summed E-state index contributed by atoms with van der Waals surface area (Å²) in [6, 6.07) is 7.46. The van der Waals surface area contributed by atoms with Crippen molar-refractivity contribution >= 4 is 33.1 Å². The minimum Gasteiger partial charge on any atom is -0.449 e. The zero-order chi connectivity index (χ0) is 24.9. The van der Waals surface area contributed by atoms with E-state index in [0.717, 1.165) is 37.4 Å². The minimum absolute atomic E-state index is 0.0729. The Morgan fingerprint density at radius 3 is 2.59 bits per heavy atom. The molecule has 2 heterocycles. The van der Waals surface area contributed by atoms with Crippen LogP contribution in [-0.4, -0.2) is 63.9 Å². The lowest BCUT2D eigenvalue weighted by molar-refractivity contribution is 0.0795. The van der Waals surface area contributed by atoms with E-state index in [1.807, 2.05) is 33.0 Å². The second-order valence-electron chi connectivity index (χ2n) is 9.22. The number of carbonyl (C=O) groups is 1. The predicted octanol–water partition coefficient (Wildman–Crippen LogP) is 4.31. The number of aromatic nitrogens is 1. The van der Waals surface area contributed by atoms with Gasteiger partial charge < -0.3 is 19.9 Å². The number of ether oxygens (including phenoxy) is 1. The molecule has 0 atom stereocenters. The molecule has 0 aliphatic carbocycles. The molecule has 0 saturated carbocycles. The van der Waals surface area contributed by atoms with E-state index in [1.165, 1.54) is 12.1 Å². The SMILES string of the molecule is CC(C)COC(=O)N1CCC(CN(C)c2ccnc(Nc3ccc(S(C)(=O)=O)cc3F)c2)CC1. The Bertz CT molecular complexity index is 1100. The van der Waals surface area contributed by atoms with Crippen LogP contribution in [0.15, 0.2) is 41.4 Å². The molecule has 1 aromatic heterocycles. The molecule has 3 rings (SSSR count). The molecule has 186 valence electrons. The first-order valence-electron chi connectivity index (χ1n) is 11.4. The van der Waals surface area contributed by atoms with Gasteiger partial charge in [-0.15, -0.1) is 0 Å². The highest BCUT2D eigenvalue weighted by Gasteiger charge is 2.25. The number of halogens is 1. The molecule has 1 aliphatic heterocycles. The number of nitrogens with zero attached hydrogens (tertiary/aromatic N) is 3. The number of carbonyl (C=O) groups excluding carboxylic acids is 1. The zero-order valence-corrected chi connectivity index (χ0v) is 20.9. The molecule has 1 N–H and O–H groups in total. The van der Waals surface area contributed by atoms with E-state index in [0.29, 0.717) is 37.4 Å². The Kier molecular flexibility index (Phi) is 8.35. The average molecular weight is 493 g/mol. The third-order valence-corrected chi connectivity index (χ3v) is 6.87. The molecule has 1 amide bonds. The third kappa shape index (κ3) is 7.06. The molecular formula is C24H33FN4O4S. The Labute approximate surface area is 201 Å². The molecule has 0 radical (unpaired) electrons. The van der Waals surface area contributed by atoms with Gasteiger partial charge in [0.2, 0.25) is 0 Å². The van der Waals surface area contributed by atoms with E-state index < -0.39 is 15.7 Å². The van der Waals surface area contributed by atoms with Gasteiger partial charge in [-0.1, -0.05) is 13.8 Å². The Morgan fingerprint density at radius 2 is 1.97 bits per heavy atom. The van der Waals surface area contributed by atoms with Crippen LogP contribution in [0.1, 0.15) is 26.7 Å². The monoisotopic (exact) mass is 492 g/mol. The largest absolute Gasteiger partial charge is 0.449 e. The van der Waals surface area contributed by atoms with E-state index in [4.69, 9.17) is 4.74 Å². The van der Waals surface area contributed by atoms with Crippen LogP contribution in [0.25, 0.3) is 0 Å². The molecule has 1 aliphatic rings. The smallest absolute Gasteiger partial charge is 0.409 e. The van der Waals surface area contributed by atoms with Crippen molar-refractivity contribution in [3.05, 3.63) is 42.3 Å². The number of likely N-dealkylation sites (tertiary alicyclic amines) is 1. The van der Waals surface area contributed by atoms with E-state index in [1.54, 1.807) is 11.1 Å². The van der Waals surface area contributed by atoms with Gasteiger partial charge in [0.05, 0.1) is 17.2 Å². The van der Waals surface area contributed by atoms with Gasteiger partial charge in [-0.25, -0.2) is 22.6 Å². The number of hydrogen-bond acceptors (Lipinski definition) is 7. The number of sulfone groups is 1. The lowest BCUT2D eigenvalue weighted by Gasteiger charge is -2.34. The fourth-order valence-corrected chi connectivity index (χ4v) is 4.44. The summed E-state index contributed by atoms with van der Waals surface area (Å²) in [6.45, 7) is 6.64. The maximum atomic E-state index is 14.4. The molecule has 1 fully saturated rings. The van der Waals surface area contributed by atoms with Crippen molar-refractivity contribution in [3.8, 4) is 0 Å². The van der Waals surface area contributed by atoms with E-state index in [-0.39, 0.29) is 16.7 Å².